The van der Waals surface area contributed by atoms with E-state index >= 15 is 0 Å². The lowest BCUT2D eigenvalue weighted by Gasteiger charge is -2.06. The van der Waals surface area contributed by atoms with Gasteiger partial charge in [-0.3, -0.25) is 4.79 Å². The van der Waals surface area contributed by atoms with Gasteiger partial charge in [0.1, 0.15) is 12.2 Å². The van der Waals surface area contributed by atoms with Crippen molar-refractivity contribution in [3.05, 3.63) is 30.1 Å². The molecule has 2 rings (SSSR count). The molecular formula is C14H19N3O2. The van der Waals surface area contributed by atoms with Gasteiger partial charge in [0, 0.05) is 29.9 Å². The van der Waals surface area contributed by atoms with Crippen molar-refractivity contribution in [2.24, 2.45) is 0 Å². The molecule has 0 atom stereocenters. The third kappa shape index (κ3) is 3.12. The summed E-state index contributed by atoms with van der Waals surface area (Å²) in [6.45, 7) is 2.97. The summed E-state index contributed by atoms with van der Waals surface area (Å²) in [4.78, 5) is 16.1. The molecule has 5 heteroatoms. The first-order valence-corrected chi connectivity index (χ1v) is 6.56. The SMILES string of the molecule is CCCCNC(=O)Cn1cc(CO)c2cccnc21. The van der Waals surface area contributed by atoms with Gasteiger partial charge in [0.2, 0.25) is 5.91 Å². The fourth-order valence-corrected chi connectivity index (χ4v) is 2.06. The number of aromatic nitrogens is 2. The van der Waals surface area contributed by atoms with Crippen LogP contribution in [0.1, 0.15) is 25.3 Å². The van der Waals surface area contributed by atoms with E-state index in [1.807, 2.05) is 12.1 Å². The van der Waals surface area contributed by atoms with Crippen molar-refractivity contribution in [3.63, 3.8) is 0 Å². The summed E-state index contributed by atoms with van der Waals surface area (Å²) in [7, 11) is 0. The van der Waals surface area contributed by atoms with Crippen molar-refractivity contribution in [3.8, 4) is 0 Å². The Kier molecular flexibility index (Phi) is 4.52. The van der Waals surface area contributed by atoms with Crippen LogP contribution in [-0.2, 0) is 17.9 Å². The van der Waals surface area contributed by atoms with Gasteiger partial charge in [-0.2, -0.15) is 0 Å². The van der Waals surface area contributed by atoms with Crippen LogP contribution in [0.5, 0.6) is 0 Å². The number of carbonyl (C=O) groups excluding carboxylic acids is 1. The minimum atomic E-state index is -0.0490. The van der Waals surface area contributed by atoms with Gasteiger partial charge >= 0.3 is 0 Å². The highest BCUT2D eigenvalue weighted by Crippen LogP contribution is 2.18. The molecule has 0 aliphatic heterocycles. The van der Waals surface area contributed by atoms with Crippen molar-refractivity contribution in [2.75, 3.05) is 6.54 Å². The molecule has 0 aromatic carbocycles. The van der Waals surface area contributed by atoms with Crippen LogP contribution in [0, 0.1) is 0 Å². The number of unbranched alkanes of at least 4 members (excludes halogenated alkanes) is 1. The lowest BCUT2D eigenvalue weighted by atomic mass is 10.2. The van der Waals surface area contributed by atoms with Crippen LogP contribution in [0.3, 0.4) is 0 Å². The van der Waals surface area contributed by atoms with Crippen LogP contribution in [0.4, 0.5) is 0 Å². The molecule has 0 radical (unpaired) electrons. The number of amides is 1. The highest BCUT2D eigenvalue weighted by Gasteiger charge is 2.10. The Balaban J connectivity index is 2.14. The highest BCUT2D eigenvalue weighted by atomic mass is 16.3. The van der Waals surface area contributed by atoms with Crippen LogP contribution >= 0.6 is 0 Å². The molecule has 19 heavy (non-hydrogen) atoms. The molecule has 0 saturated carbocycles. The van der Waals surface area contributed by atoms with Gasteiger partial charge in [-0.25, -0.2) is 4.98 Å². The van der Waals surface area contributed by atoms with Crippen molar-refractivity contribution < 1.29 is 9.90 Å². The fraction of sp³-hybridized carbons (Fsp3) is 0.429. The van der Waals surface area contributed by atoms with Gasteiger partial charge in [-0.05, 0) is 18.6 Å². The number of pyridine rings is 1. The zero-order chi connectivity index (χ0) is 13.7. The monoisotopic (exact) mass is 261 g/mol. The van der Waals surface area contributed by atoms with Gasteiger partial charge in [-0.1, -0.05) is 13.3 Å². The van der Waals surface area contributed by atoms with E-state index in [4.69, 9.17) is 0 Å². The Labute approximate surface area is 112 Å². The second-order valence-corrected chi connectivity index (χ2v) is 4.52. The lowest BCUT2D eigenvalue weighted by Crippen LogP contribution is -2.28. The Hall–Kier alpha value is -1.88. The summed E-state index contributed by atoms with van der Waals surface area (Å²) < 4.78 is 1.78. The summed E-state index contributed by atoms with van der Waals surface area (Å²) in [5.41, 5.74) is 1.53. The fourth-order valence-electron chi connectivity index (χ4n) is 2.06. The normalized spacial score (nSPS) is 10.8. The van der Waals surface area contributed by atoms with Crippen LogP contribution in [-0.4, -0.2) is 27.1 Å². The molecule has 102 valence electrons. The van der Waals surface area contributed by atoms with Crippen LogP contribution in [0.25, 0.3) is 11.0 Å². The summed E-state index contributed by atoms with van der Waals surface area (Å²) in [5, 5.41) is 13.1. The lowest BCUT2D eigenvalue weighted by molar-refractivity contribution is -0.121. The van der Waals surface area contributed by atoms with E-state index in [1.54, 1.807) is 17.0 Å². The van der Waals surface area contributed by atoms with Crippen LogP contribution in [0.15, 0.2) is 24.5 Å². The summed E-state index contributed by atoms with van der Waals surface area (Å²) in [6, 6.07) is 3.73. The average Bonchev–Trinajstić information content (AvgIpc) is 2.77. The van der Waals surface area contributed by atoms with Crippen molar-refractivity contribution in [1.29, 1.82) is 0 Å². The van der Waals surface area contributed by atoms with E-state index in [9.17, 15) is 9.90 Å². The summed E-state index contributed by atoms with van der Waals surface area (Å²) >= 11 is 0. The molecule has 5 nitrogen and oxygen atoms in total. The van der Waals surface area contributed by atoms with Gasteiger partial charge in [-0.15, -0.1) is 0 Å². The number of aliphatic hydroxyl groups excluding tert-OH is 1. The molecule has 0 spiro atoms. The third-order valence-corrected chi connectivity index (χ3v) is 3.05. The second-order valence-electron chi connectivity index (χ2n) is 4.52. The van der Waals surface area contributed by atoms with E-state index in [0.717, 1.165) is 29.4 Å². The number of nitrogens with one attached hydrogen (secondary N) is 1. The van der Waals surface area contributed by atoms with Crippen molar-refractivity contribution in [1.82, 2.24) is 14.9 Å². The molecule has 2 aromatic heterocycles. The number of hydrogen-bond acceptors (Lipinski definition) is 3. The minimum absolute atomic E-state index is 0.0273. The number of hydrogen-bond donors (Lipinski definition) is 2. The van der Waals surface area contributed by atoms with E-state index in [2.05, 4.69) is 17.2 Å². The van der Waals surface area contributed by atoms with Gasteiger partial charge in [0.25, 0.3) is 0 Å². The number of fused-ring (bicyclic) bond motifs is 1. The van der Waals surface area contributed by atoms with Crippen LogP contribution in [0.2, 0.25) is 0 Å². The molecule has 0 bridgehead atoms. The number of aliphatic hydroxyl groups is 1. The van der Waals surface area contributed by atoms with E-state index in [-0.39, 0.29) is 19.1 Å². The quantitative estimate of drug-likeness (QED) is 0.773. The first-order valence-electron chi connectivity index (χ1n) is 6.56. The van der Waals surface area contributed by atoms with Crippen LogP contribution < -0.4 is 5.32 Å². The smallest absolute Gasteiger partial charge is 0.239 e. The van der Waals surface area contributed by atoms with Crippen molar-refractivity contribution >= 4 is 16.9 Å². The Morgan fingerprint density at radius 3 is 3.11 bits per heavy atom. The van der Waals surface area contributed by atoms with Gasteiger partial charge < -0.3 is 15.0 Å². The maximum absolute atomic E-state index is 11.8. The van der Waals surface area contributed by atoms with Crippen molar-refractivity contribution in [2.45, 2.75) is 32.9 Å². The van der Waals surface area contributed by atoms with E-state index in [1.165, 1.54) is 0 Å². The third-order valence-electron chi connectivity index (χ3n) is 3.05. The molecule has 0 fully saturated rings. The summed E-state index contributed by atoms with van der Waals surface area (Å²) in [6.07, 6.45) is 5.52. The molecule has 1 amide bonds. The van der Waals surface area contributed by atoms with E-state index in [0.29, 0.717) is 6.54 Å². The molecule has 0 unspecified atom stereocenters. The molecule has 2 heterocycles. The largest absolute Gasteiger partial charge is 0.392 e. The minimum Gasteiger partial charge on any atom is -0.392 e. The molecule has 0 saturated heterocycles. The number of carbonyl (C=O) groups is 1. The molecule has 2 N–H and O–H groups in total. The second kappa shape index (κ2) is 6.33. The zero-order valence-electron chi connectivity index (χ0n) is 11.1. The van der Waals surface area contributed by atoms with Gasteiger partial charge in [0.05, 0.1) is 6.61 Å². The Bertz CT molecular complexity index is 563. The Morgan fingerprint density at radius 2 is 2.37 bits per heavy atom. The highest BCUT2D eigenvalue weighted by molar-refractivity contribution is 5.83. The maximum Gasteiger partial charge on any atom is 0.239 e. The topological polar surface area (TPSA) is 67.2 Å². The standard InChI is InChI=1S/C14H19N3O2/c1-2-3-6-15-13(19)9-17-8-11(10-18)12-5-4-7-16-14(12)17/h4-5,7-8,18H,2-3,6,9-10H2,1H3,(H,15,19). The summed E-state index contributed by atoms with van der Waals surface area (Å²) in [5.74, 6) is -0.0273. The molecule has 2 aromatic rings. The number of nitrogens with zero attached hydrogens (tertiary/aromatic N) is 2. The molecule has 0 aliphatic carbocycles. The average molecular weight is 261 g/mol. The first-order chi connectivity index (χ1) is 9.26. The predicted octanol–water partition coefficient (Wildman–Crippen LogP) is 1.44. The first kappa shape index (κ1) is 13.5. The Morgan fingerprint density at radius 1 is 1.53 bits per heavy atom. The van der Waals surface area contributed by atoms with Gasteiger partial charge in [0.15, 0.2) is 0 Å². The number of rotatable bonds is 6. The maximum atomic E-state index is 11.8. The molecule has 0 aliphatic rings. The van der Waals surface area contributed by atoms with E-state index < -0.39 is 0 Å². The zero-order valence-corrected chi connectivity index (χ0v) is 11.1. The predicted molar refractivity (Wildman–Crippen MR) is 73.6 cm³/mol. The molecular weight excluding hydrogens is 242 g/mol.